The number of nitrogens with zero attached hydrogens (tertiary/aromatic N) is 3. The van der Waals surface area contributed by atoms with Crippen LogP contribution in [0.1, 0.15) is 16.5 Å². The van der Waals surface area contributed by atoms with E-state index in [0.29, 0.717) is 4.68 Å². The lowest BCUT2D eigenvalue weighted by molar-refractivity contribution is 0.874. The molecule has 0 saturated carbocycles. The summed E-state index contributed by atoms with van der Waals surface area (Å²) >= 11 is 0. The van der Waals surface area contributed by atoms with Gasteiger partial charge in [-0.3, -0.25) is 4.98 Å². The van der Waals surface area contributed by atoms with E-state index in [2.05, 4.69) is 10.1 Å². The number of nitrogens with two attached hydrogens (primary N) is 1. The Morgan fingerprint density at radius 3 is 3.23 bits per heavy atom. The van der Waals surface area contributed by atoms with Crippen molar-refractivity contribution in [2.24, 2.45) is 0 Å². The fourth-order valence-corrected chi connectivity index (χ4v) is 0.787. The highest BCUT2D eigenvalue weighted by Gasteiger charge is 1.97. The molecule has 66 valence electrons. The summed E-state index contributed by atoms with van der Waals surface area (Å²) in [5.41, 5.74) is 4.24. The molecule has 2 aromatic heterocycles. The average molecular weight is 182 g/mol. The molecular formula is C9H10N4. The molecule has 0 aliphatic rings. The molecule has 0 aliphatic heterocycles. The highest BCUT2D eigenvalue weighted by Crippen LogP contribution is 2.09. The molecule has 0 saturated heterocycles. The molecule has 2 N–H and O–H groups in total. The van der Waals surface area contributed by atoms with E-state index in [-0.39, 0.29) is 11.4 Å². The lowest BCUT2D eigenvalue weighted by Crippen LogP contribution is -1.96. The molecule has 4 nitrogen and oxygen atoms in total. The molecule has 0 aliphatic carbocycles. The van der Waals surface area contributed by atoms with Crippen LogP contribution in [0, 0.1) is 6.85 Å². The standard InChI is InChI=1S/C9H10N4/c1-7-3-12-13(6-7)9-2-8(10)4-11-5-9/h2-6H,10H2,1H3/i1D3,2D,3D,4D,5D,6D. The van der Waals surface area contributed by atoms with E-state index in [1.165, 1.54) is 0 Å². The van der Waals surface area contributed by atoms with Crippen LogP contribution in [0.4, 0.5) is 5.69 Å². The molecule has 2 heterocycles. The van der Waals surface area contributed by atoms with Crippen molar-refractivity contribution in [3.63, 3.8) is 0 Å². The summed E-state index contributed by atoms with van der Waals surface area (Å²) in [6, 6.07) is -0.465. The molecule has 0 atom stereocenters. The van der Waals surface area contributed by atoms with Gasteiger partial charge in [-0.1, -0.05) is 0 Å². The summed E-state index contributed by atoms with van der Waals surface area (Å²) in [7, 11) is 0. The number of nitrogen functional groups attached to an aromatic ring is 1. The minimum atomic E-state index is -2.72. The largest absolute Gasteiger partial charge is 0.397 e. The van der Waals surface area contributed by atoms with Crippen LogP contribution in [-0.2, 0) is 0 Å². The van der Waals surface area contributed by atoms with Gasteiger partial charge in [-0.15, -0.1) is 0 Å². The van der Waals surface area contributed by atoms with Crippen molar-refractivity contribution in [1.82, 2.24) is 14.8 Å². The molecule has 13 heavy (non-hydrogen) atoms. The second-order valence-electron chi connectivity index (χ2n) is 2.23. The Labute approximate surface area is 87.3 Å². The Morgan fingerprint density at radius 2 is 2.46 bits per heavy atom. The Morgan fingerprint density at radius 1 is 1.54 bits per heavy atom. The molecule has 0 fully saturated rings. The van der Waals surface area contributed by atoms with Crippen LogP contribution >= 0.6 is 0 Å². The first-order valence-electron chi connectivity index (χ1n) is 7.36. The summed E-state index contributed by atoms with van der Waals surface area (Å²) in [6.07, 6.45) is -2.30. The second-order valence-corrected chi connectivity index (χ2v) is 2.23. The van der Waals surface area contributed by atoms with Crippen LogP contribution in [0.25, 0.3) is 5.69 Å². The van der Waals surface area contributed by atoms with E-state index in [9.17, 15) is 0 Å². The molecule has 0 bridgehead atoms. The van der Waals surface area contributed by atoms with Crippen LogP contribution < -0.4 is 5.73 Å². The number of hydrogen-bond donors (Lipinski definition) is 1. The zero-order valence-electron chi connectivity index (χ0n) is 14.4. The maximum Gasteiger partial charge on any atom is 0.0863 e. The summed E-state index contributed by atoms with van der Waals surface area (Å²) in [5.74, 6) is 0. The van der Waals surface area contributed by atoms with E-state index >= 15 is 0 Å². The van der Waals surface area contributed by atoms with Gasteiger partial charge in [-0.05, 0) is 18.5 Å². The van der Waals surface area contributed by atoms with Gasteiger partial charge < -0.3 is 5.73 Å². The normalized spacial score (nSPS) is 20.0. The number of anilines is 1. The molecule has 0 radical (unpaired) electrons. The summed E-state index contributed by atoms with van der Waals surface area (Å²) in [4.78, 5) is 3.49. The summed E-state index contributed by atoms with van der Waals surface area (Å²) in [6.45, 7) is -2.72. The van der Waals surface area contributed by atoms with Gasteiger partial charge in [0.05, 0.1) is 30.6 Å². The Hall–Kier alpha value is -1.84. The van der Waals surface area contributed by atoms with Crippen LogP contribution in [0.15, 0.2) is 30.7 Å². The van der Waals surface area contributed by atoms with Crippen LogP contribution in [0.5, 0.6) is 0 Å². The number of hydrogen-bond acceptors (Lipinski definition) is 3. The minimum absolute atomic E-state index is 0.321. The van der Waals surface area contributed by atoms with Gasteiger partial charge >= 0.3 is 0 Å². The van der Waals surface area contributed by atoms with E-state index in [1.807, 2.05) is 0 Å². The van der Waals surface area contributed by atoms with Crippen molar-refractivity contribution in [2.75, 3.05) is 5.73 Å². The molecular weight excluding hydrogens is 164 g/mol. The van der Waals surface area contributed by atoms with Gasteiger partial charge in [0, 0.05) is 16.5 Å². The Balaban J connectivity index is 2.79. The number of pyridine rings is 1. The van der Waals surface area contributed by atoms with Crippen LogP contribution in [0.2, 0.25) is 0 Å². The minimum Gasteiger partial charge on any atom is -0.397 e. The summed E-state index contributed by atoms with van der Waals surface area (Å²) in [5, 5.41) is 3.58. The average Bonchev–Trinajstić information content (AvgIpc) is 2.61. The van der Waals surface area contributed by atoms with Crippen molar-refractivity contribution >= 4 is 5.69 Å². The highest BCUT2D eigenvalue weighted by molar-refractivity contribution is 5.43. The molecule has 0 spiro atoms. The quantitative estimate of drug-likeness (QED) is 0.720. The third kappa shape index (κ3) is 1.51. The first-order valence-corrected chi connectivity index (χ1v) is 3.36. The number of aromatic nitrogens is 3. The van der Waals surface area contributed by atoms with Crippen LogP contribution in [0.3, 0.4) is 0 Å². The topological polar surface area (TPSA) is 56.7 Å². The second kappa shape index (κ2) is 2.90. The summed E-state index contributed by atoms with van der Waals surface area (Å²) < 4.78 is 60.7. The van der Waals surface area contributed by atoms with Crippen molar-refractivity contribution in [1.29, 1.82) is 0 Å². The fourth-order valence-electron chi connectivity index (χ4n) is 0.787. The molecule has 0 unspecified atom stereocenters. The Bertz CT molecular complexity index is 720. The van der Waals surface area contributed by atoms with Crippen molar-refractivity contribution in [2.45, 2.75) is 6.85 Å². The first kappa shape index (κ1) is 2.83. The lowest BCUT2D eigenvalue weighted by Gasteiger charge is -2.00. The maximum atomic E-state index is 7.82. The highest BCUT2D eigenvalue weighted by atomic mass is 15.3. The van der Waals surface area contributed by atoms with Gasteiger partial charge in [0.2, 0.25) is 0 Å². The van der Waals surface area contributed by atoms with Gasteiger partial charge in [-0.25, -0.2) is 4.68 Å². The number of rotatable bonds is 1. The van der Waals surface area contributed by atoms with Gasteiger partial charge in [0.25, 0.3) is 0 Å². The van der Waals surface area contributed by atoms with E-state index in [0.717, 1.165) is 0 Å². The fraction of sp³-hybridized carbons (Fsp3) is 0.111. The molecule has 0 amide bonds. The molecule has 0 aromatic carbocycles. The van der Waals surface area contributed by atoms with Crippen molar-refractivity contribution in [3.8, 4) is 5.69 Å². The van der Waals surface area contributed by atoms with Gasteiger partial charge in [0.1, 0.15) is 0 Å². The third-order valence-corrected chi connectivity index (χ3v) is 1.28. The third-order valence-electron chi connectivity index (χ3n) is 1.28. The maximum absolute atomic E-state index is 7.82. The van der Waals surface area contributed by atoms with Gasteiger partial charge in [0.15, 0.2) is 0 Å². The smallest absolute Gasteiger partial charge is 0.0863 e. The predicted octanol–water partition coefficient (Wildman–Crippen LogP) is 1.16. The molecule has 4 heteroatoms. The zero-order chi connectivity index (χ0) is 16.1. The molecule has 2 rings (SSSR count). The van der Waals surface area contributed by atoms with Crippen molar-refractivity contribution < 1.29 is 11.0 Å². The SMILES string of the molecule is [2H]c1nc([2H])c(-n2nc([2H])c(C([2H])([2H])[2H])c2[2H])c([2H])c1N. The predicted molar refractivity (Wildman–Crippen MR) is 50.5 cm³/mol. The van der Waals surface area contributed by atoms with E-state index < -0.39 is 43.1 Å². The monoisotopic (exact) mass is 182 g/mol. The first-order chi connectivity index (χ1) is 9.55. The van der Waals surface area contributed by atoms with Crippen molar-refractivity contribution in [3.05, 3.63) is 36.3 Å². The van der Waals surface area contributed by atoms with Crippen LogP contribution in [-0.4, -0.2) is 14.8 Å². The lowest BCUT2D eigenvalue weighted by atomic mass is 10.4. The van der Waals surface area contributed by atoms with E-state index in [1.54, 1.807) is 0 Å². The van der Waals surface area contributed by atoms with E-state index in [4.69, 9.17) is 16.7 Å². The Kier molecular flexibility index (Phi) is 0.631. The zero-order valence-corrected chi connectivity index (χ0v) is 6.42. The molecule has 2 aromatic rings. The van der Waals surface area contributed by atoms with Gasteiger partial charge in [-0.2, -0.15) is 5.10 Å².